The van der Waals surface area contributed by atoms with Gasteiger partial charge in [-0.25, -0.2) is 0 Å². The molecule has 0 aliphatic rings. The van der Waals surface area contributed by atoms with E-state index in [9.17, 15) is 0 Å². The molecule has 2 rings (SSSR count). The zero-order chi connectivity index (χ0) is 10.7. The number of pyridine rings is 1. The van der Waals surface area contributed by atoms with E-state index in [0.717, 1.165) is 15.3 Å². The molecule has 0 bridgehead atoms. The Morgan fingerprint density at radius 1 is 0.933 bits per heavy atom. The van der Waals surface area contributed by atoms with E-state index >= 15 is 0 Å². The van der Waals surface area contributed by atoms with Gasteiger partial charge in [0.1, 0.15) is 0 Å². The second kappa shape index (κ2) is 5.09. The topological polar surface area (TPSA) is 12.9 Å². The molecule has 1 aromatic heterocycles. The quantitative estimate of drug-likeness (QED) is 0.731. The number of aromatic nitrogens is 1. The molecule has 0 saturated carbocycles. The maximum absolute atomic E-state index is 6.05. The first-order chi connectivity index (χ1) is 7.29. The van der Waals surface area contributed by atoms with Gasteiger partial charge >= 0.3 is 103 Å². The summed E-state index contributed by atoms with van der Waals surface area (Å²) in [6, 6.07) is 13.8. The number of nitrogens with zero attached hydrogens (tertiary/aromatic N) is 1. The summed E-state index contributed by atoms with van der Waals surface area (Å²) in [4.78, 5) is 4.34. The van der Waals surface area contributed by atoms with Crippen molar-refractivity contribution in [2.45, 2.75) is 0 Å². The van der Waals surface area contributed by atoms with Crippen LogP contribution >= 0.6 is 19.2 Å². The van der Waals surface area contributed by atoms with Crippen molar-refractivity contribution in [2.24, 2.45) is 0 Å². The summed E-state index contributed by atoms with van der Waals surface area (Å²) in [5, 5.41) is 0. The predicted molar refractivity (Wildman–Crippen MR) is 61.0 cm³/mol. The SMILES string of the molecule is [Cl][Ir]([Cl])[c]1cccnc1-c1ccccc1. The molecule has 0 aliphatic heterocycles. The van der Waals surface area contributed by atoms with Gasteiger partial charge in [-0.2, -0.15) is 0 Å². The number of benzene rings is 1. The molecule has 15 heavy (non-hydrogen) atoms. The van der Waals surface area contributed by atoms with Gasteiger partial charge in [0.2, 0.25) is 0 Å². The van der Waals surface area contributed by atoms with Gasteiger partial charge in [0.05, 0.1) is 0 Å². The summed E-state index contributed by atoms with van der Waals surface area (Å²) < 4.78 is 1.01. The van der Waals surface area contributed by atoms with Crippen molar-refractivity contribution in [3.05, 3.63) is 48.7 Å². The molecule has 0 unspecified atom stereocenters. The van der Waals surface area contributed by atoms with Gasteiger partial charge in [0.15, 0.2) is 0 Å². The molecule has 0 amide bonds. The van der Waals surface area contributed by atoms with E-state index in [1.807, 2.05) is 42.5 Å². The first-order valence-corrected chi connectivity index (χ1v) is 11.4. The molecular weight excluding hydrogens is 409 g/mol. The maximum atomic E-state index is 6.05. The van der Waals surface area contributed by atoms with Gasteiger partial charge in [-0.1, -0.05) is 0 Å². The summed E-state index contributed by atoms with van der Waals surface area (Å²) in [5.74, 6) is 0. The van der Waals surface area contributed by atoms with Gasteiger partial charge in [0.25, 0.3) is 0 Å². The normalized spacial score (nSPS) is 11.2. The molecule has 0 N–H and O–H groups in total. The summed E-state index contributed by atoms with van der Waals surface area (Å²) in [6.45, 7) is 0. The molecule has 0 radical (unpaired) electrons. The van der Waals surface area contributed by atoms with Gasteiger partial charge in [0, 0.05) is 0 Å². The Balaban J connectivity index is 2.53. The van der Waals surface area contributed by atoms with Crippen LogP contribution in [-0.2, 0) is 14.5 Å². The first-order valence-electron chi connectivity index (χ1n) is 4.27. The molecule has 1 heterocycles. The molecule has 0 atom stereocenters. The molecule has 1 nitrogen and oxygen atoms in total. The van der Waals surface area contributed by atoms with Crippen molar-refractivity contribution in [3.63, 3.8) is 0 Å². The number of hydrogen-bond donors (Lipinski definition) is 0. The van der Waals surface area contributed by atoms with E-state index in [4.69, 9.17) is 19.2 Å². The third-order valence-corrected chi connectivity index (χ3v) is 6.09. The second-order valence-corrected chi connectivity index (χ2v) is 10.6. The molecule has 1 aromatic carbocycles. The Morgan fingerprint density at radius 3 is 2.33 bits per heavy atom. The van der Waals surface area contributed by atoms with Crippen molar-refractivity contribution in [1.82, 2.24) is 4.98 Å². The molecule has 0 fully saturated rings. The van der Waals surface area contributed by atoms with Crippen molar-refractivity contribution in [2.75, 3.05) is 0 Å². The minimum atomic E-state index is -2.12. The predicted octanol–water partition coefficient (Wildman–Crippen LogP) is 3.30. The Hall–Kier alpha value is -0.401. The van der Waals surface area contributed by atoms with Gasteiger partial charge < -0.3 is 0 Å². The van der Waals surface area contributed by atoms with Crippen LogP contribution in [0.25, 0.3) is 11.3 Å². The van der Waals surface area contributed by atoms with Gasteiger partial charge in [-0.3, -0.25) is 0 Å². The second-order valence-electron chi connectivity index (χ2n) is 2.85. The van der Waals surface area contributed by atoms with E-state index < -0.39 is 14.5 Å². The van der Waals surface area contributed by atoms with Crippen LogP contribution < -0.4 is 4.08 Å². The minimum absolute atomic E-state index is 0.915. The molecular formula is C11H8Cl2IrN. The zero-order valence-corrected chi connectivity index (χ0v) is 11.6. The fraction of sp³-hybridized carbons (Fsp3) is 0. The molecule has 2 aromatic rings. The van der Waals surface area contributed by atoms with E-state index in [1.54, 1.807) is 6.20 Å². The summed E-state index contributed by atoms with van der Waals surface area (Å²) in [5.41, 5.74) is 1.98. The first kappa shape index (κ1) is 11.1. The standard InChI is InChI=1S/C11H8N.2ClH.Ir/c1-2-6-10(7-3-1)11-8-4-5-9-12-11;;;/h1-7,9H;2*1H;/q;;;+2/p-2. The molecule has 80 valence electrons. The van der Waals surface area contributed by atoms with Crippen LogP contribution in [-0.4, -0.2) is 4.98 Å². The fourth-order valence-corrected chi connectivity index (χ4v) is 4.41. The fourth-order valence-electron chi connectivity index (χ4n) is 1.28. The zero-order valence-electron chi connectivity index (χ0n) is 7.66. The number of hydrogen-bond acceptors (Lipinski definition) is 1. The Kier molecular flexibility index (Phi) is 3.76. The molecule has 0 aliphatic carbocycles. The Labute approximate surface area is 102 Å². The van der Waals surface area contributed by atoms with Crippen LogP contribution in [0.15, 0.2) is 48.7 Å². The third-order valence-electron chi connectivity index (χ3n) is 1.92. The number of halogens is 2. The molecule has 0 saturated heterocycles. The van der Waals surface area contributed by atoms with E-state index in [1.165, 1.54) is 0 Å². The third kappa shape index (κ3) is 2.59. The molecule has 0 spiro atoms. The van der Waals surface area contributed by atoms with Crippen LogP contribution in [0.4, 0.5) is 0 Å². The monoisotopic (exact) mass is 417 g/mol. The van der Waals surface area contributed by atoms with Crippen molar-refractivity contribution < 1.29 is 14.5 Å². The van der Waals surface area contributed by atoms with Crippen LogP contribution in [0.1, 0.15) is 0 Å². The van der Waals surface area contributed by atoms with Crippen molar-refractivity contribution in [3.8, 4) is 11.3 Å². The van der Waals surface area contributed by atoms with E-state index in [2.05, 4.69) is 4.98 Å². The summed E-state index contributed by atoms with van der Waals surface area (Å²) in [7, 11) is 12.1. The van der Waals surface area contributed by atoms with Gasteiger partial charge in [-0.05, 0) is 0 Å². The average Bonchev–Trinajstić information content (AvgIpc) is 2.30. The summed E-state index contributed by atoms with van der Waals surface area (Å²) in [6.07, 6.45) is 1.76. The van der Waals surface area contributed by atoms with E-state index in [-0.39, 0.29) is 0 Å². The number of rotatable bonds is 2. The van der Waals surface area contributed by atoms with Crippen molar-refractivity contribution >= 4 is 23.2 Å². The summed E-state index contributed by atoms with van der Waals surface area (Å²) >= 11 is -2.12. The molecule has 4 heteroatoms. The van der Waals surface area contributed by atoms with Gasteiger partial charge in [-0.15, -0.1) is 0 Å². The van der Waals surface area contributed by atoms with Crippen LogP contribution in [0, 0.1) is 0 Å². The van der Waals surface area contributed by atoms with Crippen molar-refractivity contribution in [1.29, 1.82) is 0 Å². The Bertz CT molecular complexity index is 445. The van der Waals surface area contributed by atoms with Crippen LogP contribution in [0.2, 0.25) is 0 Å². The van der Waals surface area contributed by atoms with Crippen LogP contribution in [0.3, 0.4) is 0 Å². The van der Waals surface area contributed by atoms with Crippen LogP contribution in [0.5, 0.6) is 0 Å². The Morgan fingerprint density at radius 2 is 1.67 bits per heavy atom. The average molecular weight is 417 g/mol. The van der Waals surface area contributed by atoms with E-state index in [0.29, 0.717) is 0 Å².